The summed E-state index contributed by atoms with van der Waals surface area (Å²) in [4.78, 5) is 11.8. The Hall–Kier alpha value is -1.46. The van der Waals surface area contributed by atoms with Crippen LogP contribution in [0.15, 0.2) is 42.1 Å². The fourth-order valence-electron chi connectivity index (χ4n) is 1.72. The second-order valence-electron chi connectivity index (χ2n) is 3.76. The molecule has 0 saturated heterocycles. The van der Waals surface area contributed by atoms with Crippen LogP contribution >= 0.6 is 12.1 Å². The van der Waals surface area contributed by atoms with Crippen molar-refractivity contribution in [1.82, 2.24) is 14.3 Å². The predicted octanol–water partition coefficient (Wildman–Crippen LogP) is 1.46. The van der Waals surface area contributed by atoms with Gasteiger partial charge in [0, 0.05) is 32.4 Å². The van der Waals surface area contributed by atoms with Crippen molar-refractivity contribution in [2.75, 3.05) is 14.1 Å². The van der Waals surface area contributed by atoms with E-state index in [-0.39, 0.29) is 11.9 Å². The number of nitrogens with zero attached hydrogens (tertiary/aromatic N) is 1. The molecule has 1 atom stereocenters. The van der Waals surface area contributed by atoms with Gasteiger partial charge < -0.3 is 9.62 Å². The van der Waals surface area contributed by atoms with Gasteiger partial charge in [-0.05, 0) is 5.56 Å². The number of nitrogens with one attached hydrogen (secondary N) is 2. The number of hydrogen-bond acceptors (Lipinski definition) is 4. The van der Waals surface area contributed by atoms with Gasteiger partial charge in [-0.2, -0.15) is 0 Å². The van der Waals surface area contributed by atoms with E-state index in [4.69, 9.17) is 0 Å². The third-order valence-corrected chi connectivity index (χ3v) is 3.30. The highest BCUT2D eigenvalue weighted by Crippen LogP contribution is 2.29. The molecule has 1 unspecified atom stereocenters. The number of amides is 1. The molecule has 1 aliphatic rings. The third kappa shape index (κ3) is 2.62. The minimum atomic E-state index is -0.0719. The molecule has 0 bridgehead atoms. The Bertz CT molecular complexity index is 433. The summed E-state index contributed by atoms with van der Waals surface area (Å²) in [6.07, 6.45) is 1.86. The summed E-state index contributed by atoms with van der Waals surface area (Å²) in [5.41, 5.74) is 1.81. The minimum absolute atomic E-state index is 0.0569. The molecule has 0 fully saturated rings. The van der Waals surface area contributed by atoms with Crippen LogP contribution in [0.25, 0.3) is 0 Å². The summed E-state index contributed by atoms with van der Waals surface area (Å²) in [6.45, 7) is 0. The number of benzene rings is 1. The zero-order valence-electron chi connectivity index (χ0n) is 9.81. The van der Waals surface area contributed by atoms with E-state index in [1.165, 1.54) is 12.1 Å². The molecule has 1 amide bonds. The molecule has 1 aliphatic heterocycles. The summed E-state index contributed by atoms with van der Waals surface area (Å²) in [5, 5.41) is 2.67. The van der Waals surface area contributed by atoms with Crippen molar-refractivity contribution in [1.29, 1.82) is 0 Å². The first-order valence-corrected chi connectivity index (χ1v) is 6.14. The van der Waals surface area contributed by atoms with Crippen molar-refractivity contribution >= 4 is 18.0 Å². The normalized spacial score (nSPS) is 19.8. The molecule has 0 aliphatic carbocycles. The van der Waals surface area contributed by atoms with Gasteiger partial charge in [-0.1, -0.05) is 30.3 Å². The third-order valence-electron chi connectivity index (χ3n) is 2.57. The molecule has 17 heavy (non-hydrogen) atoms. The van der Waals surface area contributed by atoms with Gasteiger partial charge in [-0.25, -0.2) is 4.72 Å². The molecule has 1 aromatic carbocycles. The molecule has 4 nitrogen and oxygen atoms in total. The predicted molar refractivity (Wildman–Crippen MR) is 69.8 cm³/mol. The molecule has 0 spiro atoms. The average molecular weight is 249 g/mol. The second kappa shape index (κ2) is 5.25. The van der Waals surface area contributed by atoms with Crippen LogP contribution in [0, 0.1) is 0 Å². The summed E-state index contributed by atoms with van der Waals surface area (Å²) >= 11 is 1.48. The summed E-state index contributed by atoms with van der Waals surface area (Å²) in [7, 11) is 3.55. The highest BCUT2D eigenvalue weighted by atomic mass is 32.2. The van der Waals surface area contributed by atoms with Crippen LogP contribution in [0.5, 0.6) is 0 Å². The maximum atomic E-state index is 11.8. The van der Waals surface area contributed by atoms with Crippen LogP contribution in [0.2, 0.25) is 0 Å². The molecular formula is C12H15N3OS. The van der Waals surface area contributed by atoms with Gasteiger partial charge in [0.1, 0.15) is 0 Å². The van der Waals surface area contributed by atoms with Gasteiger partial charge >= 0.3 is 0 Å². The van der Waals surface area contributed by atoms with Crippen LogP contribution in [0.3, 0.4) is 0 Å². The van der Waals surface area contributed by atoms with Crippen LogP contribution in [-0.2, 0) is 4.79 Å². The Balaban J connectivity index is 2.33. The van der Waals surface area contributed by atoms with Crippen LogP contribution < -0.4 is 10.0 Å². The zero-order chi connectivity index (χ0) is 12.3. The van der Waals surface area contributed by atoms with Crippen molar-refractivity contribution in [2.24, 2.45) is 0 Å². The first kappa shape index (κ1) is 12.0. The van der Waals surface area contributed by atoms with Crippen LogP contribution in [-0.4, -0.2) is 24.3 Å². The second-order valence-corrected chi connectivity index (χ2v) is 4.76. The number of carbonyl (C=O) groups excluding carboxylic acids is 1. The molecule has 1 aromatic rings. The van der Waals surface area contributed by atoms with Crippen molar-refractivity contribution < 1.29 is 4.79 Å². The SMILES string of the molecule is CNC(=O)C1=CN(C)SNC1c1ccccc1. The van der Waals surface area contributed by atoms with E-state index >= 15 is 0 Å². The molecule has 0 aromatic heterocycles. The van der Waals surface area contributed by atoms with E-state index in [1.54, 1.807) is 7.05 Å². The Morgan fingerprint density at radius 1 is 1.41 bits per heavy atom. The first-order valence-electron chi connectivity index (χ1n) is 5.36. The molecule has 0 saturated carbocycles. The standard InChI is InChI=1S/C12H15N3OS/c1-13-12(16)10-8-15(2)17-14-11(10)9-6-4-3-5-7-9/h3-8,11,14H,1-2H3,(H,13,16). The highest BCUT2D eigenvalue weighted by molar-refractivity contribution is 7.95. The highest BCUT2D eigenvalue weighted by Gasteiger charge is 2.26. The van der Waals surface area contributed by atoms with Gasteiger partial charge in [-0.3, -0.25) is 4.79 Å². The lowest BCUT2D eigenvalue weighted by Gasteiger charge is -2.29. The maximum absolute atomic E-state index is 11.8. The van der Waals surface area contributed by atoms with Crippen LogP contribution in [0.1, 0.15) is 11.6 Å². The molecule has 2 N–H and O–H groups in total. The van der Waals surface area contributed by atoms with Crippen molar-refractivity contribution in [3.63, 3.8) is 0 Å². The fourth-order valence-corrected chi connectivity index (χ4v) is 2.42. The molecule has 0 radical (unpaired) electrons. The lowest BCUT2D eigenvalue weighted by molar-refractivity contribution is -0.117. The molecule has 90 valence electrons. The Labute approximate surface area is 105 Å². The summed E-state index contributed by atoms with van der Waals surface area (Å²) < 4.78 is 5.14. The quantitative estimate of drug-likeness (QED) is 0.779. The number of carbonyl (C=O) groups is 1. The summed E-state index contributed by atoms with van der Waals surface area (Å²) in [6, 6.07) is 9.87. The van der Waals surface area contributed by atoms with Gasteiger partial charge in [0.05, 0.1) is 11.6 Å². The van der Waals surface area contributed by atoms with E-state index < -0.39 is 0 Å². The van der Waals surface area contributed by atoms with E-state index in [1.807, 2.05) is 47.9 Å². The van der Waals surface area contributed by atoms with Crippen LogP contribution in [0.4, 0.5) is 0 Å². The van der Waals surface area contributed by atoms with E-state index in [9.17, 15) is 4.79 Å². The van der Waals surface area contributed by atoms with E-state index in [0.29, 0.717) is 0 Å². The lowest BCUT2D eigenvalue weighted by Crippen LogP contribution is -2.34. The smallest absolute Gasteiger partial charge is 0.250 e. The number of likely N-dealkylation sites (N-methyl/N-ethyl adjacent to an activating group) is 1. The van der Waals surface area contributed by atoms with Gasteiger partial charge in [0.25, 0.3) is 0 Å². The molecule has 1 heterocycles. The Kier molecular flexibility index (Phi) is 3.71. The zero-order valence-corrected chi connectivity index (χ0v) is 10.6. The fraction of sp³-hybridized carbons (Fsp3) is 0.250. The largest absolute Gasteiger partial charge is 0.355 e. The van der Waals surface area contributed by atoms with Crippen molar-refractivity contribution in [3.05, 3.63) is 47.7 Å². The van der Waals surface area contributed by atoms with Crippen molar-refractivity contribution in [2.45, 2.75) is 6.04 Å². The van der Waals surface area contributed by atoms with Gasteiger partial charge in [0.15, 0.2) is 0 Å². The maximum Gasteiger partial charge on any atom is 0.250 e. The van der Waals surface area contributed by atoms with Crippen molar-refractivity contribution in [3.8, 4) is 0 Å². The van der Waals surface area contributed by atoms with E-state index in [2.05, 4.69) is 10.0 Å². The first-order chi connectivity index (χ1) is 8.22. The van der Waals surface area contributed by atoms with Gasteiger partial charge in [0.2, 0.25) is 5.91 Å². The number of rotatable bonds is 2. The molecule has 2 rings (SSSR count). The monoisotopic (exact) mass is 249 g/mol. The Morgan fingerprint density at radius 3 is 2.76 bits per heavy atom. The topological polar surface area (TPSA) is 44.4 Å². The Morgan fingerprint density at radius 2 is 2.12 bits per heavy atom. The average Bonchev–Trinajstić information content (AvgIpc) is 2.38. The minimum Gasteiger partial charge on any atom is -0.355 e. The molecule has 5 heteroatoms. The number of hydrogen-bond donors (Lipinski definition) is 2. The lowest BCUT2D eigenvalue weighted by atomic mass is 9.99. The van der Waals surface area contributed by atoms with Gasteiger partial charge in [-0.15, -0.1) is 0 Å². The molecular weight excluding hydrogens is 234 g/mol. The summed E-state index contributed by atoms with van der Waals surface area (Å²) in [5.74, 6) is -0.0569. The van der Waals surface area contributed by atoms with E-state index in [0.717, 1.165) is 11.1 Å².